The lowest BCUT2D eigenvalue weighted by molar-refractivity contribution is 0.506. The largest absolute Gasteiger partial charge is 0.341 e. The van der Waals surface area contributed by atoms with Gasteiger partial charge in [0.2, 0.25) is 11.2 Å². The molecule has 0 radical (unpaired) electrons. The molecule has 2 heterocycles. The highest BCUT2D eigenvalue weighted by molar-refractivity contribution is 7.99. The minimum atomic E-state index is -0.903. The van der Waals surface area contributed by atoms with Gasteiger partial charge in [-0.05, 0) is 54.4 Å². The van der Waals surface area contributed by atoms with Gasteiger partial charge in [-0.3, -0.25) is 0 Å². The Morgan fingerprint density at radius 2 is 1.81 bits per heavy atom. The fourth-order valence-corrected chi connectivity index (χ4v) is 3.05. The van der Waals surface area contributed by atoms with Crippen LogP contribution in [0.3, 0.4) is 0 Å². The molecule has 110 valence electrons. The smallest absolute Gasteiger partial charge is 0.230 e. The average molecular weight is 329 g/mol. The number of hydrogen-bond donors (Lipinski definition) is 0. The quantitative estimate of drug-likeness (QED) is 0.862. The lowest BCUT2D eigenvalue weighted by Gasteiger charge is -2.15. The molecule has 2 aromatic rings. The summed E-state index contributed by atoms with van der Waals surface area (Å²) < 4.78 is 26.1. The van der Waals surface area contributed by atoms with Crippen LogP contribution in [0.4, 0.5) is 14.7 Å². The first-order chi connectivity index (χ1) is 10.1. The van der Waals surface area contributed by atoms with Gasteiger partial charge >= 0.3 is 0 Å². The van der Waals surface area contributed by atoms with Crippen molar-refractivity contribution in [1.82, 2.24) is 15.0 Å². The van der Waals surface area contributed by atoms with E-state index < -0.39 is 11.6 Å². The molecule has 0 aliphatic carbocycles. The van der Waals surface area contributed by atoms with E-state index in [0.717, 1.165) is 49.8 Å². The Morgan fingerprint density at radius 1 is 1.05 bits per heavy atom. The molecule has 0 saturated carbocycles. The number of aromatic nitrogens is 3. The summed E-state index contributed by atoms with van der Waals surface area (Å²) in [5, 5.41) is 0.458. The van der Waals surface area contributed by atoms with Crippen LogP contribution in [-0.4, -0.2) is 28.0 Å². The topological polar surface area (TPSA) is 41.9 Å². The lowest BCUT2D eigenvalue weighted by atomic mass is 10.3. The van der Waals surface area contributed by atoms with Crippen molar-refractivity contribution in [3.05, 3.63) is 35.1 Å². The van der Waals surface area contributed by atoms with E-state index in [2.05, 4.69) is 15.0 Å². The number of halogens is 3. The molecule has 0 atom stereocenters. The maximum Gasteiger partial charge on any atom is 0.230 e. The number of benzene rings is 1. The molecule has 8 heteroatoms. The number of anilines is 1. The molecule has 1 aliphatic heterocycles. The molecule has 0 amide bonds. The standard InChI is InChI=1S/C13H11ClF2N4S/c14-11-17-12(20-5-1-2-6-20)19-13(18-11)21-8-3-4-9(15)10(16)7-8/h3-4,7H,1-2,5-6H2. The Hall–Kier alpha value is -1.47. The summed E-state index contributed by atoms with van der Waals surface area (Å²) in [4.78, 5) is 15.0. The summed E-state index contributed by atoms with van der Waals surface area (Å²) in [6.45, 7) is 1.77. The van der Waals surface area contributed by atoms with Gasteiger partial charge in [-0.1, -0.05) is 0 Å². The van der Waals surface area contributed by atoms with Crippen molar-refractivity contribution in [2.75, 3.05) is 18.0 Å². The molecule has 0 bridgehead atoms. The van der Waals surface area contributed by atoms with Crippen LogP contribution >= 0.6 is 23.4 Å². The Morgan fingerprint density at radius 3 is 2.52 bits per heavy atom. The van der Waals surface area contributed by atoms with Crippen LogP contribution in [0.15, 0.2) is 28.3 Å². The van der Waals surface area contributed by atoms with E-state index >= 15 is 0 Å². The van der Waals surface area contributed by atoms with Gasteiger partial charge in [0.1, 0.15) is 0 Å². The van der Waals surface area contributed by atoms with Crippen molar-refractivity contribution >= 4 is 29.3 Å². The van der Waals surface area contributed by atoms with Crippen LogP contribution in [0, 0.1) is 11.6 Å². The van der Waals surface area contributed by atoms with Crippen LogP contribution in [0.2, 0.25) is 5.28 Å². The van der Waals surface area contributed by atoms with Gasteiger partial charge in [0.25, 0.3) is 0 Å². The van der Waals surface area contributed by atoms with E-state index in [1.54, 1.807) is 0 Å². The maximum absolute atomic E-state index is 13.2. The summed E-state index contributed by atoms with van der Waals surface area (Å²) in [6.07, 6.45) is 2.18. The minimum absolute atomic E-state index is 0.0944. The fraction of sp³-hybridized carbons (Fsp3) is 0.308. The third-order valence-electron chi connectivity index (χ3n) is 3.06. The first-order valence-electron chi connectivity index (χ1n) is 6.41. The summed E-state index contributed by atoms with van der Waals surface area (Å²) in [5.74, 6) is -1.26. The number of rotatable bonds is 3. The molecule has 0 spiro atoms. The third kappa shape index (κ3) is 3.41. The molecule has 0 N–H and O–H groups in total. The molecular formula is C13H11ClF2N4S. The Labute approximate surface area is 129 Å². The van der Waals surface area contributed by atoms with Crippen molar-refractivity contribution in [3.63, 3.8) is 0 Å². The molecule has 1 aliphatic rings. The van der Waals surface area contributed by atoms with E-state index in [9.17, 15) is 8.78 Å². The van der Waals surface area contributed by atoms with Crippen LogP contribution in [0.1, 0.15) is 12.8 Å². The Kier molecular flexibility index (Phi) is 4.21. The summed E-state index contributed by atoms with van der Waals surface area (Å²) in [7, 11) is 0. The molecule has 3 rings (SSSR count). The van der Waals surface area contributed by atoms with Crippen molar-refractivity contribution in [3.8, 4) is 0 Å². The van der Waals surface area contributed by atoms with Gasteiger partial charge in [-0.2, -0.15) is 15.0 Å². The maximum atomic E-state index is 13.2. The predicted molar refractivity (Wildman–Crippen MR) is 76.8 cm³/mol. The van der Waals surface area contributed by atoms with Crippen LogP contribution < -0.4 is 4.90 Å². The van der Waals surface area contributed by atoms with Crippen LogP contribution in [-0.2, 0) is 0 Å². The normalized spacial score (nSPS) is 14.7. The van der Waals surface area contributed by atoms with Gasteiger partial charge < -0.3 is 4.90 Å². The molecule has 4 nitrogen and oxygen atoms in total. The molecule has 1 aromatic heterocycles. The molecule has 0 unspecified atom stereocenters. The summed E-state index contributed by atoms with van der Waals surface area (Å²) in [6, 6.07) is 3.64. The zero-order valence-corrected chi connectivity index (χ0v) is 12.5. The highest BCUT2D eigenvalue weighted by Crippen LogP contribution is 2.28. The van der Waals surface area contributed by atoms with Gasteiger partial charge in [0.15, 0.2) is 16.8 Å². The van der Waals surface area contributed by atoms with Crippen molar-refractivity contribution in [1.29, 1.82) is 0 Å². The van der Waals surface area contributed by atoms with E-state index in [-0.39, 0.29) is 5.28 Å². The van der Waals surface area contributed by atoms with Crippen molar-refractivity contribution in [2.24, 2.45) is 0 Å². The third-order valence-corrected chi connectivity index (χ3v) is 4.09. The zero-order chi connectivity index (χ0) is 14.8. The highest BCUT2D eigenvalue weighted by atomic mass is 35.5. The first-order valence-corrected chi connectivity index (χ1v) is 7.61. The molecular weight excluding hydrogens is 318 g/mol. The second-order valence-electron chi connectivity index (χ2n) is 4.56. The summed E-state index contributed by atoms with van der Waals surface area (Å²) >= 11 is 7.03. The SMILES string of the molecule is Fc1ccc(Sc2nc(Cl)nc(N3CCCC3)n2)cc1F. The number of nitrogens with zero attached hydrogens (tertiary/aromatic N) is 4. The van der Waals surface area contributed by atoms with E-state index in [4.69, 9.17) is 11.6 Å². The highest BCUT2D eigenvalue weighted by Gasteiger charge is 2.17. The Bertz CT molecular complexity index is 665. The lowest BCUT2D eigenvalue weighted by Crippen LogP contribution is -2.21. The van der Waals surface area contributed by atoms with Gasteiger partial charge in [0.05, 0.1) is 0 Å². The first kappa shape index (κ1) is 14.5. The van der Waals surface area contributed by atoms with Gasteiger partial charge in [0, 0.05) is 18.0 Å². The molecule has 21 heavy (non-hydrogen) atoms. The van der Waals surface area contributed by atoms with Crippen LogP contribution in [0.25, 0.3) is 0 Å². The van der Waals surface area contributed by atoms with Crippen LogP contribution in [0.5, 0.6) is 0 Å². The van der Waals surface area contributed by atoms with E-state index in [1.807, 2.05) is 4.90 Å². The van der Waals surface area contributed by atoms with E-state index in [0.29, 0.717) is 16.0 Å². The average Bonchev–Trinajstić information content (AvgIpc) is 2.96. The van der Waals surface area contributed by atoms with E-state index in [1.165, 1.54) is 6.07 Å². The second kappa shape index (κ2) is 6.11. The monoisotopic (exact) mass is 328 g/mol. The van der Waals surface area contributed by atoms with Crippen molar-refractivity contribution < 1.29 is 8.78 Å². The summed E-state index contributed by atoms with van der Waals surface area (Å²) in [5.41, 5.74) is 0. The minimum Gasteiger partial charge on any atom is -0.341 e. The Balaban J connectivity index is 1.85. The molecule has 1 aromatic carbocycles. The number of hydrogen-bond acceptors (Lipinski definition) is 5. The molecule has 1 fully saturated rings. The second-order valence-corrected chi connectivity index (χ2v) is 5.94. The van der Waals surface area contributed by atoms with Gasteiger partial charge in [-0.15, -0.1) is 0 Å². The zero-order valence-electron chi connectivity index (χ0n) is 10.9. The van der Waals surface area contributed by atoms with Crippen molar-refractivity contribution in [2.45, 2.75) is 22.9 Å². The molecule has 1 saturated heterocycles. The fourth-order valence-electron chi connectivity index (χ4n) is 2.07. The predicted octanol–water partition coefficient (Wildman–Crippen LogP) is 3.55. The van der Waals surface area contributed by atoms with Gasteiger partial charge in [-0.25, -0.2) is 8.78 Å².